The monoisotopic (exact) mass is 338 g/mol. The van der Waals surface area contributed by atoms with E-state index in [9.17, 15) is 9.59 Å². The quantitative estimate of drug-likeness (QED) is 0.846. The number of rotatable bonds is 2. The van der Waals surface area contributed by atoms with Gasteiger partial charge in [-0.3, -0.25) is 4.79 Å². The molecule has 1 aromatic carbocycles. The third-order valence-corrected chi connectivity index (χ3v) is 4.72. The lowest BCUT2D eigenvalue weighted by Crippen LogP contribution is -2.32. The van der Waals surface area contributed by atoms with Gasteiger partial charge in [-0.1, -0.05) is 24.3 Å². The van der Waals surface area contributed by atoms with Gasteiger partial charge in [-0.25, -0.2) is 9.48 Å². The minimum Gasteiger partial charge on any atom is -0.463 e. The van der Waals surface area contributed by atoms with Gasteiger partial charge in [0.15, 0.2) is 5.78 Å². The molecule has 7 heteroatoms. The highest BCUT2D eigenvalue weighted by molar-refractivity contribution is 5.99. The van der Waals surface area contributed by atoms with Crippen molar-refractivity contribution in [2.75, 3.05) is 12.4 Å². The third-order valence-electron chi connectivity index (χ3n) is 4.72. The van der Waals surface area contributed by atoms with Crippen LogP contribution in [0, 0.1) is 6.92 Å². The molecule has 128 valence electrons. The molecule has 0 unspecified atom stereocenters. The lowest BCUT2D eigenvalue weighted by atomic mass is 9.84. The summed E-state index contributed by atoms with van der Waals surface area (Å²) in [5.74, 6) is -0.0442. The maximum absolute atomic E-state index is 12.7. The molecule has 1 aromatic heterocycles. The second kappa shape index (κ2) is 5.84. The second-order valence-corrected chi connectivity index (χ2v) is 6.25. The third kappa shape index (κ3) is 2.43. The van der Waals surface area contributed by atoms with Crippen molar-refractivity contribution in [1.82, 2.24) is 14.8 Å². The average Bonchev–Trinajstić information content (AvgIpc) is 3.04. The van der Waals surface area contributed by atoms with Crippen molar-refractivity contribution in [2.45, 2.75) is 32.2 Å². The molecule has 1 N–H and O–H groups in total. The van der Waals surface area contributed by atoms with E-state index in [2.05, 4.69) is 15.4 Å². The Bertz CT molecular complexity index is 913. The van der Waals surface area contributed by atoms with E-state index in [-0.39, 0.29) is 17.6 Å². The molecule has 0 bridgehead atoms. The zero-order valence-corrected chi connectivity index (χ0v) is 14.1. The molecule has 4 rings (SSSR count). The van der Waals surface area contributed by atoms with E-state index < -0.39 is 5.97 Å². The summed E-state index contributed by atoms with van der Waals surface area (Å²) in [7, 11) is 1.29. The van der Waals surface area contributed by atoms with Crippen LogP contribution < -0.4 is 5.32 Å². The normalized spacial score (nSPS) is 19.1. The number of methoxy groups -OCH3 is 1. The van der Waals surface area contributed by atoms with Crippen molar-refractivity contribution in [1.29, 1.82) is 0 Å². The first-order chi connectivity index (χ1) is 12.1. The van der Waals surface area contributed by atoms with Gasteiger partial charge in [0.1, 0.15) is 6.04 Å². The number of esters is 1. The molecule has 1 atom stereocenters. The van der Waals surface area contributed by atoms with Crippen molar-refractivity contribution < 1.29 is 14.3 Å². The Morgan fingerprint density at radius 1 is 1.32 bits per heavy atom. The highest BCUT2D eigenvalue weighted by Gasteiger charge is 2.37. The van der Waals surface area contributed by atoms with E-state index in [1.165, 1.54) is 7.11 Å². The summed E-state index contributed by atoms with van der Waals surface area (Å²) in [6.07, 6.45) is 2.11. The number of hydrogen-bond donors (Lipinski definition) is 1. The molecule has 0 spiro atoms. The van der Waals surface area contributed by atoms with Gasteiger partial charge in [0.05, 0.1) is 7.11 Å². The molecule has 0 saturated carbocycles. The van der Waals surface area contributed by atoms with E-state index in [1.54, 1.807) is 4.68 Å². The number of ether oxygens (including phenoxy) is 1. The van der Waals surface area contributed by atoms with Crippen LogP contribution in [-0.4, -0.2) is 33.6 Å². The summed E-state index contributed by atoms with van der Waals surface area (Å²) < 4.78 is 6.35. The summed E-state index contributed by atoms with van der Waals surface area (Å²) >= 11 is 0. The molecule has 25 heavy (non-hydrogen) atoms. The van der Waals surface area contributed by atoms with Crippen molar-refractivity contribution >= 4 is 17.7 Å². The van der Waals surface area contributed by atoms with Crippen molar-refractivity contribution in [2.24, 2.45) is 0 Å². The van der Waals surface area contributed by atoms with Gasteiger partial charge in [0.25, 0.3) is 5.82 Å². The van der Waals surface area contributed by atoms with Gasteiger partial charge in [0.2, 0.25) is 5.95 Å². The van der Waals surface area contributed by atoms with Gasteiger partial charge < -0.3 is 10.1 Å². The van der Waals surface area contributed by atoms with E-state index in [0.717, 1.165) is 35.2 Å². The average molecular weight is 338 g/mol. The largest absolute Gasteiger partial charge is 0.463 e. The number of carbonyl (C=O) groups excluding carboxylic acids is 2. The number of hydrogen-bond acceptors (Lipinski definition) is 6. The number of anilines is 1. The predicted octanol–water partition coefficient (Wildman–Crippen LogP) is 2.40. The molecule has 0 fully saturated rings. The molecule has 7 nitrogen and oxygen atoms in total. The lowest BCUT2D eigenvalue weighted by Gasteiger charge is -2.32. The summed E-state index contributed by atoms with van der Waals surface area (Å²) in [5.41, 5.74) is 3.63. The second-order valence-electron chi connectivity index (χ2n) is 6.25. The van der Waals surface area contributed by atoms with Crippen LogP contribution in [0.5, 0.6) is 0 Å². The fraction of sp³-hybridized carbons (Fsp3) is 0.333. The Morgan fingerprint density at radius 3 is 2.88 bits per heavy atom. The van der Waals surface area contributed by atoms with E-state index in [0.29, 0.717) is 12.4 Å². The summed E-state index contributed by atoms with van der Waals surface area (Å²) in [5, 5.41) is 7.52. The van der Waals surface area contributed by atoms with Crippen molar-refractivity contribution in [3.63, 3.8) is 0 Å². The number of allylic oxidation sites excluding steroid dienone is 2. The van der Waals surface area contributed by atoms with Gasteiger partial charge >= 0.3 is 5.97 Å². The highest BCUT2D eigenvalue weighted by atomic mass is 16.5. The molecule has 2 heterocycles. The number of Topliss-reactive ketones (excluding diaryl/α,β-unsaturated/α-hetero) is 1. The first-order valence-corrected chi connectivity index (χ1v) is 8.24. The number of benzene rings is 1. The smallest absolute Gasteiger partial charge is 0.378 e. The van der Waals surface area contributed by atoms with Crippen LogP contribution in [0.15, 0.2) is 35.5 Å². The van der Waals surface area contributed by atoms with E-state index in [1.807, 2.05) is 31.2 Å². The van der Waals surface area contributed by atoms with Gasteiger partial charge in [-0.2, -0.15) is 4.98 Å². The molecule has 1 aliphatic carbocycles. The topological polar surface area (TPSA) is 86.1 Å². The zero-order chi connectivity index (χ0) is 17.6. The molecular weight excluding hydrogens is 320 g/mol. The molecule has 2 aliphatic rings. The molecule has 0 amide bonds. The summed E-state index contributed by atoms with van der Waals surface area (Å²) in [6.45, 7) is 2.00. The van der Waals surface area contributed by atoms with Crippen LogP contribution >= 0.6 is 0 Å². The number of fused-ring (bicyclic) bond motifs is 1. The van der Waals surface area contributed by atoms with E-state index >= 15 is 0 Å². The number of ketones is 1. The van der Waals surface area contributed by atoms with Crippen molar-refractivity contribution in [3.05, 3.63) is 52.5 Å². The number of aromatic nitrogens is 3. The van der Waals surface area contributed by atoms with Crippen molar-refractivity contribution in [3.8, 4) is 0 Å². The number of nitrogens with zero attached hydrogens (tertiary/aromatic N) is 3. The van der Waals surface area contributed by atoms with Crippen LogP contribution in [0.2, 0.25) is 0 Å². The molecule has 0 radical (unpaired) electrons. The maximum atomic E-state index is 12.7. The fourth-order valence-corrected chi connectivity index (χ4v) is 3.52. The van der Waals surface area contributed by atoms with Crippen LogP contribution in [0.3, 0.4) is 0 Å². The molecule has 1 aliphatic heterocycles. The molecular formula is C18H18N4O3. The predicted molar refractivity (Wildman–Crippen MR) is 90.2 cm³/mol. The minimum absolute atomic E-state index is 0.0177. The summed E-state index contributed by atoms with van der Waals surface area (Å²) in [4.78, 5) is 28.8. The van der Waals surface area contributed by atoms with Crippen LogP contribution in [0.1, 0.15) is 47.1 Å². The Hall–Kier alpha value is -2.96. The Balaban J connectivity index is 1.93. The van der Waals surface area contributed by atoms with Crippen LogP contribution in [0.4, 0.5) is 5.95 Å². The first-order valence-electron chi connectivity index (χ1n) is 8.24. The molecule has 2 aromatic rings. The highest BCUT2D eigenvalue weighted by Crippen LogP contribution is 2.40. The Kier molecular flexibility index (Phi) is 3.63. The number of aryl methyl sites for hydroxylation is 1. The lowest BCUT2D eigenvalue weighted by molar-refractivity contribution is -0.116. The van der Waals surface area contributed by atoms with Gasteiger partial charge in [-0.15, -0.1) is 5.10 Å². The SMILES string of the molecule is COC(=O)c1nc2n(n1)[C@@H](c1ccccc1C)C1=C(CCCC1=O)N2. The maximum Gasteiger partial charge on any atom is 0.378 e. The number of nitrogens with one attached hydrogen (secondary N) is 1. The Labute approximate surface area is 144 Å². The minimum atomic E-state index is -0.600. The van der Waals surface area contributed by atoms with Gasteiger partial charge in [-0.05, 0) is 30.9 Å². The Morgan fingerprint density at radius 2 is 2.12 bits per heavy atom. The van der Waals surface area contributed by atoms with E-state index in [4.69, 9.17) is 4.74 Å². The van der Waals surface area contributed by atoms with Crippen LogP contribution in [-0.2, 0) is 9.53 Å². The standard InChI is InChI=1S/C18H18N4O3/c1-10-6-3-4-7-11(10)15-14-12(8-5-9-13(14)23)19-18-20-16(17(24)25-2)21-22(15)18/h3-4,6-7,15H,5,8-9H2,1-2H3,(H,19,20,21)/t15-/m0/s1. The summed E-state index contributed by atoms with van der Waals surface area (Å²) in [6, 6.07) is 7.51. The van der Waals surface area contributed by atoms with Crippen LogP contribution in [0.25, 0.3) is 0 Å². The fourth-order valence-electron chi connectivity index (χ4n) is 3.52. The number of carbonyl (C=O) groups is 2. The first kappa shape index (κ1) is 15.6. The van der Waals surface area contributed by atoms with Gasteiger partial charge in [0, 0.05) is 17.7 Å². The zero-order valence-electron chi connectivity index (χ0n) is 14.1. The molecule has 0 saturated heterocycles.